The number of aliphatic hydroxyl groups excluding tert-OH is 1. The molecule has 1 aliphatic heterocycles. The Morgan fingerprint density at radius 1 is 1.40 bits per heavy atom. The topological polar surface area (TPSA) is 72.8 Å². The van der Waals surface area contributed by atoms with E-state index in [2.05, 4.69) is 13.8 Å². The van der Waals surface area contributed by atoms with Crippen LogP contribution in [0.2, 0.25) is 0 Å². The SMILES string of the molecule is CC=C(C)C(=O)OC1CC(C)C2(C)CC3=C(C)C(=O)OC3C(O)C2C1. The summed E-state index contributed by atoms with van der Waals surface area (Å²) in [7, 11) is 0. The van der Waals surface area contributed by atoms with Gasteiger partial charge >= 0.3 is 11.9 Å². The third kappa shape index (κ3) is 2.82. The Kier molecular flexibility index (Phi) is 4.56. The van der Waals surface area contributed by atoms with Crippen molar-refractivity contribution in [1.82, 2.24) is 0 Å². The number of hydrogen-bond acceptors (Lipinski definition) is 5. The summed E-state index contributed by atoms with van der Waals surface area (Å²) in [5.41, 5.74) is 2.06. The van der Waals surface area contributed by atoms with Crippen LogP contribution in [0.5, 0.6) is 0 Å². The summed E-state index contributed by atoms with van der Waals surface area (Å²) in [4.78, 5) is 24.0. The second-order valence-corrected chi connectivity index (χ2v) is 8.13. The molecule has 2 saturated carbocycles. The Hall–Kier alpha value is -1.62. The van der Waals surface area contributed by atoms with Gasteiger partial charge in [0.25, 0.3) is 0 Å². The molecule has 0 bridgehead atoms. The molecule has 5 heteroatoms. The van der Waals surface area contributed by atoms with Gasteiger partial charge in [0.1, 0.15) is 6.10 Å². The van der Waals surface area contributed by atoms with Crippen molar-refractivity contribution in [1.29, 1.82) is 0 Å². The van der Waals surface area contributed by atoms with Crippen molar-refractivity contribution in [3.63, 3.8) is 0 Å². The maximum atomic E-state index is 12.1. The van der Waals surface area contributed by atoms with Gasteiger partial charge in [0.05, 0.1) is 6.10 Å². The van der Waals surface area contributed by atoms with E-state index < -0.39 is 12.2 Å². The number of fused-ring (bicyclic) bond motifs is 2. The lowest BCUT2D eigenvalue weighted by molar-refractivity contribution is -0.169. The second kappa shape index (κ2) is 6.27. The Labute approximate surface area is 149 Å². The lowest BCUT2D eigenvalue weighted by Gasteiger charge is -2.54. The molecule has 25 heavy (non-hydrogen) atoms. The first-order valence-electron chi connectivity index (χ1n) is 9.11. The summed E-state index contributed by atoms with van der Waals surface area (Å²) in [6.07, 6.45) is 2.37. The highest BCUT2D eigenvalue weighted by Crippen LogP contribution is 2.57. The van der Waals surface area contributed by atoms with Crippen molar-refractivity contribution < 1.29 is 24.2 Å². The van der Waals surface area contributed by atoms with Gasteiger partial charge in [-0.3, -0.25) is 0 Å². The van der Waals surface area contributed by atoms with Crippen molar-refractivity contribution in [3.05, 3.63) is 22.8 Å². The Balaban J connectivity index is 1.84. The zero-order chi connectivity index (χ0) is 18.5. The summed E-state index contributed by atoms with van der Waals surface area (Å²) in [5, 5.41) is 10.9. The summed E-state index contributed by atoms with van der Waals surface area (Å²) in [6, 6.07) is 0. The van der Waals surface area contributed by atoms with E-state index in [4.69, 9.17) is 9.47 Å². The molecule has 5 nitrogen and oxygen atoms in total. The lowest BCUT2D eigenvalue weighted by Crippen LogP contribution is -2.55. The maximum absolute atomic E-state index is 12.1. The molecule has 3 aliphatic rings. The van der Waals surface area contributed by atoms with Crippen LogP contribution < -0.4 is 0 Å². The molecule has 0 radical (unpaired) electrons. The fourth-order valence-corrected chi connectivity index (χ4v) is 4.72. The molecule has 6 unspecified atom stereocenters. The smallest absolute Gasteiger partial charge is 0.334 e. The van der Waals surface area contributed by atoms with E-state index in [9.17, 15) is 14.7 Å². The monoisotopic (exact) mass is 348 g/mol. The normalized spacial score (nSPS) is 41.1. The molecule has 0 aromatic heterocycles. The Bertz CT molecular complexity index is 661. The molecule has 138 valence electrons. The van der Waals surface area contributed by atoms with Gasteiger partial charge in [-0.2, -0.15) is 0 Å². The molecule has 1 heterocycles. The first-order valence-corrected chi connectivity index (χ1v) is 9.11. The van der Waals surface area contributed by atoms with E-state index in [1.807, 2.05) is 6.92 Å². The van der Waals surface area contributed by atoms with Gasteiger partial charge in [-0.1, -0.05) is 19.9 Å². The van der Waals surface area contributed by atoms with Crippen LogP contribution in [0.1, 0.15) is 53.9 Å². The summed E-state index contributed by atoms with van der Waals surface area (Å²) >= 11 is 0. The van der Waals surface area contributed by atoms with Crippen molar-refractivity contribution >= 4 is 11.9 Å². The van der Waals surface area contributed by atoms with Crippen LogP contribution in [0.15, 0.2) is 22.8 Å². The van der Waals surface area contributed by atoms with E-state index in [0.717, 1.165) is 18.4 Å². The third-order valence-electron chi connectivity index (χ3n) is 6.79. The molecule has 0 aromatic rings. The number of carbonyl (C=O) groups excluding carboxylic acids is 2. The highest BCUT2D eigenvalue weighted by atomic mass is 16.6. The number of allylic oxidation sites excluding steroid dienone is 1. The van der Waals surface area contributed by atoms with E-state index in [1.165, 1.54) is 0 Å². The second-order valence-electron chi connectivity index (χ2n) is 8.13. The predicted octanol–water partition coefficient (Wildman–Crippen LogP) is 2.92. The molecular formula is C20H28O5. The molecule has 0 saturated heterocycles. The van der Waals surface area contributed by atoms with E-state index in [-0.39, 0.29) is 35.3 Å². The molecule has 0 spiro atoms. The van der Waals surface area contributed by atoms with E-state index in [0.29, 0.717) is 17.6 Å². The minimum atomic E-state index is -0.748. The number of carbonyl (C=O) groups is 2. The van der Waals surface area contributed by atoms with Gasteiger partial charge in [-0.25, -0.2) is 9.59 Å². The van der Waals surface area contributed by atoms with Crippen molar-refractivity contribution in [2.75, 3.05) is 0 Å². The predicted molar refractivity (Wildman–Crippen MR) is 92.5 cm³/mol. The van der Waals surface area contributed by atoms with Crippen LogP contribution in [0.3, 0.4) is 0 Å². The summed E-state index contributed by atoms with van der Waals surface area (Å²) in [6.45, 7) is 9.67. The molecular weight excluding hydrogens is 320 g/mol. The highest BCUT2D eigenvalue weighted by molar-refractivity contribution is 5.92. The number of ether oxygens (including phenoxy) is 2. The minimum absolute atomic E-state index is 0.0626. The molecule has 2 fully saturated rings. The largest absolute Gasteiger partial charge is 0.459 e. The van der Waals surface area contributed by atoms with Crippen LogP contribution in [0.25, 0.3) is 0 Å². The highest BCUT2D eigenvalue weighted by Gasteiger charge is 2.57. The number of rotatable bonds is 2. The van der Waals surface area contributed by atoms with Gasteiger partial charge in [-0.05, 0) is 62.9 Å². The first-order chi connectivity index (χ1) is 11.7. The lowest BCUT2D eigenvalue weighted by atomic mass is 9.53. The number of esters is 2. The molecule has 0 amide bonds. The maximum Gasteiger partial charge on any atom is 0.334 e. The molecule has 0 aromatic carbocycles. The van der Waals surface area contributed by atoms with Crippen LogP contribution in [-0.4, -0.2) is 35.4 Å². The first kappa shape index (κ1) is 18.2. The van der Waals surface area contributed by atoms with Gasteiger partial charge in [0, 0.05) is 11.1 Å². The van der Waals surface area contributed by atoms with E-state index >= 15 is 0 Å². The average Bonchev–Trinajstić information content (AvgIpc) is 2.84. The third-order valence-corrected chi connectivity index (χ3v) is 6.79. The van der Waals surface area contributed by atoms with Crippen molar-refractivity contribution in [2.45, 2.75) is 72.2 Å². The molecule has 1 N–H and O–H groups in total. The van der Waals surface area contributed by atoms with Gasteiger partial charge < -0.3 is 14.6 Å². The fraction of sp³-hybridized carbons (Fsp3) is 0.700. The molecule has 3 rings (SSSR count). The average molecular weight is 348 g/mol. The molecule has 2 aliphatic carbocycles. The Morgan fingerprint density at radius 3 is 2.72 bits per heavy atom. The number of hydrogen-bond donors (Lipinski definition) is 1. The van der Waals surface area contributed by atoms with Crippen LogP contribution in [0, 0.1) is 17.3 Å². The van der Waals surface area contributed by atoms with Gasteiger partial charge in [0.2, 0.25) is 0 Å². The van der Waals surface area contributed by atoms with Crippen LogP contribution in [0.4, 0.5) is 0 Å². The quantitative estimate of drug-likeness (QED) is 0.613. The van der Waals surface area contributed by atoms with Crippen molar-refractivity contribution in [3.8, 4) is 0 Å². The number of aliphatic hydroxyl groups is 1. The van der Waals surface area contributed by atoms with Crippen molar-refractivity contribution in [2.24, 2.45) is 17.3 Å². The standard InChI is InChI=1S/C20H28O5/c1-6-10(2)18(22)24-13-7-11(3)20(5)9-14-12(4)19(23)25-17(14)16(21)15(20)8-13/h6,11,13,15-17,21H,7-9H2,1-5H3. The Morgan fingerprint density at radius 2 is 2.08 bits per heavy atom. The minimum Gasteiger partial charge on any atom is -0.459 e. The molecule has 6 atom stereocenters. The zero-order valence-electron chi connectivity index (χ0n) is 15.7. The van der Waals surface area contributed by atoms with Gasteiger partial charge in [-0.15, -0.1) is 0 Å². The van der Waals surface area contributed by atoms with Crippen LogP contribution in [-0.2, 0) is 19.1 Å². The van der Waals surface area contributed by atoms with E-state index in [1.54, 1.807) is 19.9 Å². The van der Waals surface area contributed by atoms with Gasteiger partial charge in [0.15, 0.2) is 6.10 Å². The fourth-order valence-electron chi connectivity index (χ4n) is 4.72. The summed E-state index contributed by atoms with van der Waals surface area (Å²) in [5.74, 6) is -0.410. The van der Waals surface area contributed by atoms with Crippen LogP contribution >= 0.6 is 0 Å². The zero-order valence-corrected chi connectivity index (χ0v) is 15.7. The summed E-state index contributed by atoms with van der Waals surface area (Å²) < 4.78 is 11.1.